The van der Waals surface area contributed by atoms with E-state index in [1.165, 1.54) is 19.4 Å². The van der Waals surface area contributed by atoms with E-state index in [1.54, 1.807) is 0 Å². The molecule has 5 rings (SSSR count). The van der Waals surface area contributed by atoms with Crippen LogP contribution in [0.25, 0.3) is 0 Å². The van der Waals surface area contributed by atoms with E-state index in [0.717, 1.165) is 50.6 Å². The smallest absolute Gasteiger partial charge is 0.227 e. The third-order valence-corrected chi connectivity index (χ3v) is 6.72. The van der Waals surface area contributed by atoms with E-state index < -0.39 is 0 Å². The fourth-order valence-corrected chi connectivity index (χ4v) is 5.35. The number of β-amino-alcohol motifs (C(OH)–C–C–N with tert-alkyl or cyclic N) is 1. The van der Waals surface area contributed by atoms with Crippen molar-refractivity contribution in [2.24, 2.45) is 5.92 Å². The Morgan fingerprint density at radius 1 is 1.12 bits per heavy atom. The summed E-state index contributed by atoms with van der Waals surface area (Å²) in [5, 5.41) is 10.2. The number of aliphatic hydroxyl groups excluding tert-OH is 1. The molecular weight excluding hydrogens is 326 g/mol. The van der Waals surface area contributed by atoms with E-state index >= 15 is 0 Å². The highest BCUT2D eigenvalue weighted by Gasteiger charge is 2.56. The highest BCUT2D eigenvalue weighted by atomic mass is 16.3. The molecule has 1 saturated carbocycles. The Morgan fingerprint density at radius 3 is 2.62 bits per heavy atom. The van der Waals surface area contributed by atoms with Crippen LogP contribution < -0.4 is 0 Å². The summed E-state index contributed by atoms with van der Waals surface area (Å²) in [6.07, 6.45) is 3.82. The minimum atomic E-state index is -0.237. The standard InChI is InChI=1S/C21H29N3O2/c25-19-9-18-11-23(20(26)8-16-4-2-1-3-5-16)15-21(24(18)12-19)13-22(14-21)10-17-6-7-17/h1-5,17-19,25H,6-15H2/t18-,19+/m0/s1. The normalized spacial score (nSPS) is 31.0. The molecule has 4 fully saturated rings. The van der Waals surface area contributed by atoms with Crippen LogP contribution in [-0.2, 0) is 11.2 Å². The Labute approximate surface area is 155 Å². The van der Waals surface area contributed by atoms with Gasteiger partial charge >= 0.3 is 0 Å². The van der Waals surface area contributed by atoms with Crippen molar-refractivity contribution in [3.63, 3.8) is 0 Å². The molecule has 140 valence electrons. The number of piperazine rings is 1. The number of amides is 1. The van der Waals surface area contributed by atoms with E-state index in [2.05, 4.69) is 14.7 Å². The average molecular weight is 355 g/mol. The lowest BCUT2D eigenvalue weighted by Gasteiger charge is -2.61. The van der Waals surface area contributed by atoms with Gasteiger partial charge in [0.15, 0.2) is 0 Å². The second kappa shape index (κ2) is 6.32. The number of likely N-dealkylation sites (tertiary alicyclic amines) is 1. The first-order valence-electron chi connectivity index (χ1n) is 10.1. The maximum absolute atomic E-state index is 13.0. The van der Waals surface area contributed by atoms with Crippen molar-refractivity contribution in [3.05, 3.63) is 35.9 Å². The maximum atomic E-state index is 13.0. The van der Waals surface area contributed by atoms with Crippen LogP contribution in [0.1, 0.15) is 24.8 Å². The van der Waals surface area contributed by atoms with Gasteiger partial charge in [0, 0.05) is 45.3 Å². The van der Waals surface area contributed by atoms with Crippen molar-refractivity contribution in [1.29, 1.82) is 0 Å². The number of carbonyl (C=O) groups excluding carboxylic acids is 1. The third-order valence-electron chi connectivity index (χ3n) is 6.72. The van der Waals surface area contributed by atoms with Crippen molar-refractivity contribution >= 4 is 5.91 Å². The molecule has 1 N–H and O–H groups in total. The van der Waals surface area contributed by atoms with Gasteiger partial charge in [-0.05, 0) is 30.7 Å². The number of benzene rings is 1. The molecule has 3 heterocycles. The molecule has 0 radical (unpaired) electrons. The van der Waals surface area contributed by atoms with Gasteiger partial charge in [-0.15, -0.1) is 0 Å². The van der Waals surface area contributed by atoms with Crippen molar-refractivity contribution in [1.82, 2.24) is 14.7 Å². The summed E-state index contributed by atoms with van der Waals surface area (Å²) in [5.74, 6) is 1.14. The zero-order valence-corrected chi connectivity index (χ0v) is 15.4. The topological polar surface area (TPSA) is 47.0 Å². The van der Waals surface area contributed by atoms with Gasteiger partial charge in [-0.2, -0.15) is 0 Å². The maximum Gasteiger partial charge on any atom is 0.227 e. The Kier molecular flexibility index (Phi) is 4.07. The molecule has 0 unspecified atom stereocenters. The predicted molar refractivity (Wildman–Crippen MR) is 99.7 cm³/mol. The second-order valence-corrected chi connectivity index (χ2v) is 8.97. The molecule has 2 atom stereocenters. The summed E-state index contributed by atoms with van der Waals surface area (Å²) in [6, 6.07) is 10.4. The highest BCUT2D eigenvalue weighted by Crippen LogP contribution is 2.41. The number of hydrogen-bond donors (Lipinski definition) is 1. The number of fused-ring (bicyclic) bond motifs is 2. The lowest BCUT2D eigenvalue weighted by molar-refractivity contribution is -0.149. The number of nitrogens with zero attached hydrogens (tertiary/aromatic N) is 3. The van der Waals surface area contributed by atoms with Crippen molar-refractivity contribution < 1.29 is 9.90 Å². The number of carbonyl (C=O) groups is 1. The van der Waals surface area contributed by atoms with Crippen molar-refractivity contribution in [3.8, 4) is 0 Å². The Balaban J connectivity index is 1.29. The fourth-order valence-electron chi connectivity index (χ4n) is 5.35. The van der Waals surface area contributed by atoms with Crippen molar-refractivity contribution in [2.45, 2.75) is 43.4 Å². The molecule has 4 aliphatic rings. The Hall–Kier alpha value is -1.43. The van der Waals surface area contributed by atoms with Crippen molar-refractivity contribution in [2.75, 3.05) is 39.3 Å². The minimum Gasteiger partial charge on any atom is -0.392 e. The summed E-state index contributed by atoms with van der Waals surface area (Å²) in [6.45, 7) is 5.71. The van der Waals surface area contributed by atoms with Crippen LogP contribution in [0.5, 0.6) is 0 Å². The van der Waals surface area contributed by atoms with Crippen LogP contribution in [-0.4, -0.2) is 82.7 Å². The molecule has 1 aromatic carbocycles. The first-order chi connectivity index (χ1) is 12.6. The SMILES string of the molecule is O=C(Cc1ccccc1)N1C[C@@H]2C[C@@H](O)CN2C2(CN(CC3CC3)C2)C1. The molecule has 3 aliphatic heterocycles. The zero-order valence-electron chi connectivity index (χ0n) is 15.4. The molecule has 5 heteroatoms. The first-order valence-corrected chi connectivity index (χ1v) is 10.1. The van der Waals surface area contributed by atoms with Crippen LogP contribution in [0.15, 0.2) is 30.3 Å². The van der Waals surface area contributed by atoms with Crippen LogP contribution in [0, 0.1) is 5.92 Å². The number of aliphatic hydroxyl groups is 1. The van der Waals surface area contributed by atoms with Gasteiger partial charge in [0.25, 0.3) is 0 Å². The van der Waals surface area contributed by atoms with Crippen LogP contribution in [0.4, 0.5) is 0 Å². The number of hydrogen-bond acceptors (Lipinski definition) is 4. The zero-order chi connectivity index (χ0) is 17.7. The molecule has 26 heavy (non-hydrogen) atoms. The second-order valence-electron chi connectivity index (χ2n) is 8.97. The summed E-state index contributed by atoms with van der Waals surface area (Å²) >= 11 is 0. The van der Waals surface area contributed by atoms with Crippen LogP contribution >= 0.6 is 0 Å². The molecule has 0 bridgehead atoms. The van der Waals surface area contributed by atoms with Gasteiger partial charge in [0.1, 0.15) is 0 Å². The molecular formula is C21H29N3O2. The van der Waals surface area contributed by atoms with Gasteiger partial charge in [0.2, 0.25) is 5.91 Å². The van der Waals surface area contributed by atoms with Gasteiger partial charge in [-0.25, -0.2) is 0 Å². The summed E-state index contributed by atoms with van der Waals surface area (Å²) in [7, 11) is 0. The largest absolute Gasteiger partial charge is 0.392 e. The quantitative estimate of drug-likeness (QED) is 0.874. The van der Waals surface area contributed by atoms with Gasteiger partial charge in [-0.1, -0.05) is 30.3 Å². The van der Waals surface area contributed by atoms with E-state index in [4.69, 9.17) is 0 Å². The van der Waals surface area contributed by atoms with E-state index in [1.807, 2.05) is 30.3 Å². The lowest BCUT2D eigenvalue weighted by atomic mass is 9.83. The molecule has 5 nitrogen and oxygen atoms in total. The summed E-state index contributed by atoms with van der Waals surface area (Å²) < 4.78 is 0. The Bertz CT molecular complexity index is 669. The van der Waals surface area contributed by atoms with Gasteiger partial charge < -0.3 is 10.0 Å². The van der Waals surface area contributed by atoms with E-state index in [0.29, 0.717) is 12.5 Å². The first kappa shape index (κ1) is 16.7. The highest BCUT2D eigenvalue weighted by molar-refractivity contribution is 5.79. The van der Waals surface area contributed by atoms with E-state index in [-0.39, 0.29) is 17.6 Å². The molecule has 3 saturated heterocycles. The third kappa shape index (κ3) is 3.06. The van der Waals surface area contributed by atoms with Gasteiger partial charge in [-0.3, -0.25) is 14.6 Å². The lowest BCUT2D eigenvalue weighted by Crippen LogP contribution is -2.78. The molecule has 1 amide bonds. The molecule has 0 aromatic heterocycles. The monoisotopic (exact) mass is 355 g/mol. The average Bonchev–Trinajstić information content (AvgIpc) is 3.33. The fraction of sp³-hybridized carbons (Fsp3) is 0.667. The van der Waals surface area contributed by atoms with E-state index in [9.17, 15) is 9.90 Å². The molecule has 1 aliphatic carbocycles. The minimum absolute atomic E-state index is 0.0711. The van der Waals surface area contributed by atoms with Crippen LogP contribution in [0.2, 0.25) is 0 Å². The summed E-state index contributed by atoms with van der Waals surface area (Å²) in [5.41, 5.74) is 1.16. The van der Waals surface area contributed by atoms with Gasteiger partial charge in [0.05, 0.1) is 18.1 Å². The Morgan fingerprint density at radius 2 is 1.88 bits per heavy atom. The molecule has 1 spiro atoms. The predicted octanol–water partition coefficient (Wildman–Crippen LogP) is 0.971. The number of rotatable bonds is 4. The van der Waals surface area contributed by atoms with Crippen LogP contribution in [0.3, 0.4) is 0 Å². The summed E-state index contributed by atoms with van der Waals surface area (Å²) in [4.78, 5) is 20.1. The molecule has 1 aromatic rings.